The van der Waals surface area contributed by atoms with Crippen molar-refractivity contribution in [2.45, 2.75) is 38.1 Å². The molecule has 0 aliphatic carbocycles. The maximum atomic E-state index is 14.0. The van der Waals surface area contributed by atoms with E-state index in [1.807, 2.05) is 25.1 Å². The second kappa shape index (κ2) is 10.2. The van der Waals surface area contributed by atoms with Gasteiger partial charge in [-0.25, -0.2) is 4.39 Å². The number of nitrogens with zero attached hydrogens (tertiary/aromatic N) is 2. The summed E-state index contributed by atoms with van der Waals surface area (Å²) in [7, 11) is 0. The summed E-state index contributed by atoms with van der Waals surface area (Å²) in [4.78, 5) is 43.3. The van der Waals surface area contributed by atoms with E-state index in [1.54, 1.807) is 23.1 Å². The predicted molar refractivity (Wildman–Crippen MR) is 132 cm³/mol. The number of hydrogen-bond acceptors (Lipinski definition) is 5. The summed E-state index contributed by atoms with van der Waals surface area (Å²) < 4.78 is 25.5. The molecule has 1 aromatic heterocycles. The lowest BCUT2D eigenvalue weighted by Crippen LogP contribution is -2.59. The molecule has 1 N–H and O–H groups in total. The molecule has 2 aliphatic heterocycles. The molecule has 3 aromatic rings. The van der Waals surface area contributed by atoms with Gasteiger partial charge >= 0.3 is 0 Å². The van der Waals surface area contributed by atoms with E-state index in [1.165, 1.54) is 29.4 Å². The van der Waals surface area contributed by atoms with Crippen LogP contribution >= 0.6 is 0 Å². The Balaban J connectivity index is 1.38. The molecule has 8 nitrogen and oxygen atoms in total. The number of amides is 3. The minimum Gasteiger partial charge on any atom is -0.467 e. The van der Waals surface area contributed by atoms with Crippen LogP contribution in [0.4, 0.5) is 4.39 Å². The second-order valence-corrected chi connectivity index (χ2v) is 9.36. The molecule has 1 atom stereocenters. The highest BCUT2D eigenvalue weighted by Gasteiger charge is 2.54. The average molecular weight is 506 g/mol. The third-order valence-electron chi connectivity index (χ3n) is 7.08. The summed E-state index contributed by atoms with van der Waals surface area (Å²) in [6.07, 6.45) is 2.17. The largest absolute Gasteiger partial charge is 0.467 e. The Morgan fingerprint density at radius 3 is 2.51 bits per heavy atom. The highest BCUT2D eigenvalue weighted by molar-refractivity contribution is 5.99. The molecule has 192 valence electrons. The first-order chi connectivity index (χ1) is 17.9. The van der Waals surface area contributed by atoms with E-state index in [4.69, 9.17) is 9.15 Å². The zero-order valence-electron chi connectivity index (χ0n) is 20.5. The van der Waals surface area contributed by atoms with Crippen molar-refractivity contribution in [1.82, 2.24) is 15.1 Å². The van der Waals surface area contributed by atoms with Gasteiger partial charge in [0.05, 0.1) is 19.4 Å². The second-order valence-electron chi connectivity index (χ2n) is 9.36. The molecule has 1 spiro atoms. The average Bonchev–Trinajstić information content (AvgIpc) is 3.56. The van der Waals surface area contributed by atoms with Crippen LogP contribution in [-0.2, 0) is 16.1 Å². The van der Waals surface area contributed by atoms with Gasteiger partial charge < -0.3 is 19.4 Å². The van der Waals surface area contributed by atoms with Crippen molar-refractivity contribution in [2.24, 2.45) is 0 Å². The summed E-state index contributed by atoms with van der Waals surface area (Å²) >= 11 is 0. The molecular formula is C28H28FN3O5. The Morgan fingerprint density at radius 2 is 1.81 bits per heavy atom. The van der Waals surface area contributed by atoms with Crippen molar-refractivity contribution in [1.29, 1.82) is 0 Å². The first-order valence-corrected chi connectivity index (χ1v) is 12.3. The molecule has 2 aromatic carbocycles. The number of halogens is 1. The van der Waals surface area contributed by atoms with E-state index in [0.29, 0.717) is 37.3 Å². The van der Waals surface area contributed by atoms with Gasteiger partial charge in [0, 0.05) is 37.1 Å². The van der Waals surface area contributed by atoms with Gasteiger partial charge in [0.25, 0.3) is 11.8 Å². The normalized spacial score (nSPS) is 18.7. The summed E-state index contributed by atoms with van der Waals surface area (Å²) in [6.45, 7) is 2.75. The van der Waals surface area contributed by atoms with Crippen molar-refractivity contribution in [2.75, 3.05) is 19.7 Å². The quantitative estimate of drug-likeness (QED) is 0.573. The van der Waals surface area contributed by atoms with Crippen LogP contribution in [0.5, 0.6) is 0 Å². The van der Waals surface area contributed by atoms with Gasteiger partial charge in [0.15, 0.2) is 0 Å². The number of aryl methyl sites for hydroxylation is 1. The maximum absolute atomic E-state index is 14.0. The van der Waals surface area contributed by atoms with Gasteiger partial charge in [0.1, 0.15) is 23.3 Å². The van der Waals surface area contributed by atoms with Gasteiger partial charge in [-0.05, 0) is 48.9 Å². The van der Waals surface area contributed by atoms with Crippen LogP contribution in [0.2, 0.25) is 0 Å². The molecule has 0 saturated carbocycles. The number of carbonyl (C=O) groups is 3. The van der Waals surface area contributed by atoms with Gasteiger partial charge in [-0.2, -0.15) is 0 Å². The Kier molecular flexibility index (Phi) is 6.80. The van der Waals surface area contributed by atoms with Gasteiger partial charge in [0.2, 0.25) is 5.91 Å². The highest BCUT2D eigenvalue weighted by atomic mass is 19.1. The lowest BCUT2D eigenvalue weighted by Gasteiger charge is -2.44. The number of likely N-dealkylation sites (tertiary alicyclic amines) is 1. The standard InChI is InChI=1S/C28H28FN3O5/c1-19-6-2-3-10-23(19)27(35)31-13-11-28(12-14-31)32(26(34)20-7-4-8-21(29)16-20)24(18-37-28)25(33)30-17-22-9-5-15-36-22/h2-10,15-16,24H,11-14,17-18H2,1H3,(H,30,33)/t24-/m0/s1. The molecule has 37 heavy (non-hydrogen) atoms. The zero-order valence-corrected chi connectivity index (χ0v) is 20.5. The topological polar surface area (TPSA) is 92.1 Å². The van der Waals surface area contributed by atoms with Crippen molar-refractivity contribution >= 4 is 17.7 Å². The number of ether oxygens (including phenoxy) is 1. The fourth-order valence-corrected chi connectivity index (χ4v) is 5.08. The molecule has 3 heterocycles. The monoisotopic (exact) mass is 505 g/mol. The first kappa shape index (κ1) is 24.7. The molecule has 2 fully saturated rings. The van der Waals surface area contributed by atoms with Crippen LogP contribution in [0.15, 0.2) is 71.3 Å². The summed E-state index contributed by atoms with van der Waals surface area (Å²) in [6, 6.07) is 15.4. The van der Waals surface area contributed by atoms with E-state index in [9.17, 15) is 18.8 Å². The van der Waals surface area contributed by atoms with Crippen LogP contribution in [0, 0.1) is 12.7 Å². The fraction of sp³-hybridized carbons (Fsp3) is 0.321. The maximum Gasteiger partial charge on any atom is 0.256 e. The molecule has 0 bridgehead atoms. The number of benzene rings is 2. The number of rotatable bonds is 5. The Labute approximate surface area is 214 Å². The molecule has 3 amide bonds. The Hall–Kier alpha value is -3.98. The van der Waals surface area contributed by atoms with Gasteiger partial charge in [-0.3, -0.25) is 19.3 Å². The van der Waals surface area contributed by atoms with Crippen molar-refractivity contribution in [3.05, 3.63) is 95.2 Å². The minimum atomic E-state index is -1.08. The Morgan fingerprint density at radius 1 is 1.03 bits per heavy atom. The third-order valence-corrected chi connectivity index (χ3v) is 7.08. The molecule has 2 aliphatic rings. The molecule has 9 heteroatoms. The van der Waals surface area contributed by atoms with Crippen LogP contribution in [0.3, 0.4) is 0 Å². The number of carbonyl (C=O) groups excluding carboxylic acids is 3. The Bertz CT molecular complexity index is 1300. The molecule has 5 rings (SSSR count). The SMILES string of the molecule is Cc1ccccc1C(=O)N1CCC2(CC1)OC[C@@H](C(=O)NCc1ccco1)N2C(=O)c1cccc(F)c1. The number of hydrogen-bond donors (Lipinski definition) is 1. The summed E-state index contributed by atoms with van der Waals surface area (Å²) in [5.41, 5.74) is 0.570. The molecule has 0 unspecified atom stereocenters. The van der Waals surface area contributed by atoms with E-state index >= 15 is 0 Å². The lowest BCUT2D eigenvalue weighted by atomic mass is 9.95. The van der Waals surface area contributed by atoms with Crippen LogP contribution in [0.25, 0.3) is 0 Å². The van der Waals surface area contributed by atoms with Crippen molar-refractivity contribution < 1.29 is 27.9 Å². The third kappa shape index (κ3) is 4.86. The summed E-state index contributed by atoms with van der Waals surface area (Å²) in [5, 5.41) is 2.81. The minimum absolute atomic E-state index is 0.00319. The molecule has 0 radical (unpaired) electrons. The number of nitrogens with one attached hydrogen (secondary N) is 1. The van der Waals surface area contributed by atoms with E-state index in [0.717, 1.165) is 11.6 Å². The zero-order chi connectivity index (χ0) is 26.0. The van der Waals surface area contributed by atoms with Crippen molar-refractivity contribution in [3.63, 3.8) is 0 Å². The lowest BCUT2D eigenvalue weighted by molar-refractivity contribution is -0.128. The van der Waals surface area contributed by atoms with Crippen LogP contribution in [-0.4, -0.2) is 59.0 Å². The van der Waals surface area contributed by atoms with E-state index < -0.39 is 29.4 Å². The van der Waals surface area contributed by atoms with Crippen molar-refractivity contribution in [3.8, 4) is 0 Å². The van der Waals surface area contributed by atoms with Gasteiger partial charge in [-0.1, -0.05) is 24.3 Å². The van der Waals surface area contributed by atoms with Crippen LogP contribution < -0.4 is 5.32 Å². The fourth-order valence-electron chi connectivity index (χ4n) is 5.08. The van der Waals surface area contributed by atoms with Gasteiger partial charge in [-0.15, -0.1) is 0 Å². The molecular weight excluding hydrogens is 477 g/mol. The number of furan rings is 1. The van der Waals surface area contributed by atoms with Crippen LogP contribution in [0.1, 0.15) is 44.9 Å². The predicted octanol–water partition coefficient (Wildman–Crippen LogP) is 3.52. The van der Waals surface area contributed by atoms with E-state index in [-0.39, 0.29) is 24.6 Å². The molecule has 2 saturated heterocycles. The summed E-state index contributed by atoms with van der Waals surface area (Å²) in [5.74, 6) is -0.933. The first-order valence-electron chi connectivity index (χ1n) is 12.3. The smallest absolute Gasteiger partial charge is 0.256 e. The highest BCUT2D eigenvalue weighted by Crippen LogP contribution is 2.39. The number of piperidine rings is 1. The van der Waals surface area contributed by atoms with E-state index in [2.05, 4.69) is 5.32 Å².